The molecule has 6 atom stereocenters. The molecule has 0 radical (unpaired) electrons. The van der Waals surface area contributed by atoms with E-state index in [4.69, 9.17) is 9.47 Å². The summed E-state index contributed by atoms with van der Waals surface area (Å²) in [7, 11) is -4.90. The van der Waals surface area contributed by atoms with Crippen molar-refractivity contribution in [3.63, 3.8) is 0 Å². The lowest BCUT2D eigenvalue weighted by Crippen LogP contribution is -2.51. The first-order chi connectivity index (χ1) is 10.6. The first kappa shape index (κ1) is 16.5. The third-order valence-electron chi connectivity index (χ3n) is 5.54. The molecular formula is C14H18O8S. The highest BCUT2D eigenvalue weighted by atomic mass is 32.2. The van der Waals surface area contributed by atoms with Gasteiger partial charge in [0.05, 0.1) is 12.0 Å². The van der Waals surface area contributed by atoms with Crippen LogP contribution in [0, 0.1) is 17.8 Å². The first-order valence-electron chi connectivity index (χ1n) is 7.41. The molecule has 128 valence electrons. The molecule has 2 aliphatic carbocycles. The molecule has 3 rings (SSSR count). The highest BCUT2D eigenvalue weighted by molar-refractivity contribution is 7.89. The zero-order valence-corrected chi connectivity index (χ0v) is 13.5. The van der Waals surface area contributed by atoms with Crippen molar-refractivity contribution in [3.05, 3.63) is 0 Å². The van der Waals surface area contributed by atoms with E-state index in [-0.39, 0.29) is 23.7 Å². The minimum absolute atomic E-state index is 0.0866. The summed E-state index contributed by atoms with van der Waals surface area (Å²) in [5.74, 6) is -2.17. The lowest BCUT2D eigenvalue weighted by Gasteiger charge is -2.27. The van der Waals surface area contributed by atoms with Crippen LogP contribution in [0.4, 0.5) is 0 Å². The number of Topliss-reactive ketones (excluding diaryl/α,β-unsaturated/α-hetero) is 2. The molecule has 0 aromatic heterocycles. The van der Waals surface area contributed by atoms with Crippen LogP contribution in [0.25, 0.3) is 0 Å². The largest absolute Gasteiger partial charge is 0.459 e. The Morgan fingerprint density at radius 2 is 2.04 bits per heavy atom. The SMILES string of the molecule is CC(=O)C(C)(C(=O)COC1C2CC3C(=O)OC1C3C2)S(=O)(=O)O. The molecule has 6 unspecified atom stereocenters. The molecule has 3 fully saturated rings. The van der Waals surface area contributed by atoms with Crippen LogP contribution in [-0.2, 0) is 34.0 Å². The fourth-order valence-electron chi connectivity index (χ4n) is 3.96. The van der Waals surface area contributed by atoms with E-state index in [0.717, 1.165) is 20.3 Å². The van der Waals surface area contributed by atoms with E-state index in [1.807, 2.05) is 0 Å². The number of carbonyl (C=O) groups excluding carboxylic acids is 3. The standard InChI is InChI=1S/C14H18O8S/c1-6(15)14(2,23(18,19)20)10(16)5-21-11-7-3-8-9(4-7)13(17)22-12(8)11/h7-9,11-12H,3-5H2,1-2H3,(H,18,19,20). The Kier molecular flexibility index (Phi) is 3.66. The molecule has 9 heteroatoms. The molecule has 0 aromatic rings. The average molecular weight is 346 g/mol. The Balaban J connectivity index is 1.71. The first-order valence-corrected chi connectivity index (χ1v) is 8.85. The fourth-order valence-corrected chi connectivity index (χ4v) is 4.67. The average Bonchev–Trinajstić information content (AvgIpc) is 3.05. The van der Waals surface area contributed by atoms with Crippen LogP contribution in [0.1, 0.15) is 26.7 Å². The third kappa shape index (κ3) is 2.25. The maximum Gasteiger partial charge on any atom is 0.309 e. The molecule has 1 saturated heterocycles. The molecule has 1 aliphatic heterocycles. The van der Waals surface area contributed by atoms with Gasteiger partial charge < -0.3 is 9.47 Å². The fraction of sp³-hybridized carbons (Fsp3) is 0.786. The summed E-state index contributed by atoms with van der Waals surface area (Å²) in [6.07, 6.45) is 0.543. The van der Waals surface area contributed by atoms with E-state index >= 15 is 0 Å². The van der Waals surface area contributed by atoms with Crippen molar-refractivity contribution in [2.75, 3.05) is 6.61 Å². The van der Waals surface area contributed by atoms with E-state index in [0.29, 0.717) is 6.42 Å². The Labute approximate surface area is 133 Å². The molecule has 3 aliphatic rings. The Morgan fingerprint density at radius 1 is 1.39 bits per heavy atom. The van der Waals surface area contributed by atoms with E-state index in [2.05, 4.69) is 0 Å². The van der Waals surface area contributed by atoms with Crippen molar-refractivity contribution in [1.29, 1.82) is 0 Å². The lowest BCUT2D eigenvalue weighted by molar-refractivity contribution is -0.148. The van der Waals surface area contributed by atoms with E-state index < -0.39 is 45.2 Å². The zero-order valence-electron chi connectivity index (χ0n) is 12.7. The van der Waals surface area contributed by atoms with Crippen molar-refractivity contribution < 1.29 is 36.8 Å². The van der Waals surface area contributed by atoms with Gasteiger partial charge in [-0.25, -0.2) is 0 Å². The second kappa shape index (κ2) is 5.09. The number of hydrogen-bond acceptors (Lipinski definition) is 7. The van der Waals surface area contributed by atoms with Crippen LogP contribution in [0.2, 0.25) is 0 Å². The molecular weight excluding hydrogens is 328 g/mol. The van der Waals surface area contributed by atoms with E-state index in [9.17, 15) is 27.4 Å². The second-order valence-electron chi connectivity index (χ2n) is 6.67. The Morgan fingerprint density at radius 3 is 2.61 bits per heavy atom. The predicted octanol–water partition coefficient (Wildman–Crippen LogP) is -0.242. The number of hydrogen-bond donors (Lipinski definition) is 1. The highest BCUT2D eigenvalue weighted by Gasteiger charge is 2.62. The molecule has 1 heterocycles. The molecule has 8 nitrogen and oxygen atoms in total. The summed E-state index contributed by atoms with van der Waals surface area (Å²) in [5, 5.41) is 0. The summed E-state index contributed by atoms with van der Waals surface area (Å²) in [6.45, 7) is 1.15. The van der Waals surface area contributed by atoms with Crippen molar-refractivity contribution >= 4 is 27.7 Å². The molecule has 2 bridgehead atoms. The quantitative estimate of drug-likeness (QED) is 0.397. The van der Waals surface area contributed by atoms with Gasteiger partial charge in [0.1, 0.15) is 12.7 Å². The molecule has 1 N–H and O–H groups in total. The minimum atomic E-state index is -4.90. The number of esters is 1. The van der Waals surface area contributed by atoms with Gasteiger partial charge in [0, 0.05) is 5.92 Å². The van der Waals surface area contributed by atoms with E-state index in [1.165, 1.54) is 0 Å². The number of ether oxygens (including phenoxy) is 2. The molecule has 23 heavy (non-hydrogen) atoms. The van der Waals surface area contributed by atoms with Crippen LogP contribution < -0.4 is 0 Å². The predicted molar refractivity (Wildman–Crippen MR) is 75.0 cm³/mol. The van der Waals surface area contributed by atoms with Crippen molar-refractivity contribution in [2.45, 2.75) is 43.6 Å². The van der Waals surface area contributed by atoms with Crippen LogP contribution in [0.3, 0.4) is 0 Å². The summed E-state index contributed by atoms with van der Waals surface area (Å²) in [5.41, 5.74) is 0. The van der Waals surface area contributed by atoms with Crippen molar-refractivity contribution in [2.24, 2.45) is 17.8 Å². The van der Waals surface area contributed by atoms with Gasteiger partial charge in [0.2, 0.25) is 4.75 Å². The van der Waals surface area contributed by atoms with Gasteiger partial charge in [-0.15, -0.1) is 0 Å². The van der Waals surface area contributed by atoms with Gasteiger partial charge in [-0.1, -0.05) is 0 Å². The minimum Gasteiger partial charge on any atom is -0.459 e. The summed E-state index contributed by atoms with van der Waals surface area (Å²) in [4.78, 5) is 35.4. The molecule has 0 amide bonds. The van der Waals surface area contributed by atoms with Gasteiger partial charge in [-0.2, -0.15) is 8.42 Å². The maximum atomic E-state index is 12.2. The second-order valence-corrected chi connectivity index (χ2v) is 8.43. The number of rotatable bonds is 6. The van der Waals surface area contributed by atoms with Gasteiger partial charge in [-0.05, 0) is 32.6 Å². The normalized spacial score (nSPS) is 37.5. The van der Waals surface area contributed by atoms with Gasteiger partial charge in [-0.3, -0.25) is 18.9 Å². The smallest absolute Gasteiger partial charge is 0.309 e. The van der Waals surface area contributed by atoms with Crippen LogP contribution in [0.15, 0.2) is 0 Å². The number of carbonyl (C=O) groups is 3. The molecule has 0 aromatic carbocycles. The Hall–Kier alpha value is -1.32. The van der Waals surface area contributed by atoms with Crippen LogP contribution in [-0.4, -0.2) is 54.1 Å². The van der Waals surface area contributed by atoms with Crippen molar-refractivity contribution in [3.8, 4) is 0 Å². The monoisotopic (exact) mass is 346 g/mol. The van der Waals surface area contributed by atoms with Gasteiger partial charge >= 0.3 is 5.97 Å². The third-order valence-corrected chi connectivity index (χ3v) is 7.09. The van der Waals surface area contributed by atoms with Crippen molar-refractivity contribution in [1.82, 2.24) is 0 Å². The maximum absolute atomic E-state index is 12.2. The summed E-state index contributed by atoms with van der Waals surface area (Å²) in [6, 6.07) is 0. The molecule has 2 saturated carbocycles. The van der Waals surface area contributed by atoms with Crippen LogP contribution >= 0.6 is 0 Å². The summed E-state index contributed by atoms with van der Waals surface area (Å²) >= 11 is 0. The highest BCUT2D eigenvalue weighted by Crippen LogP contribution is 2.55. The Bertz CT molecular complexity index is 683. The number of fused-ring (bicyclic) bond motifs is 1. The zero-order chi connectivity index (χ0) is 17.2. The van der Waals surface area contributed by atoms with E-state index in [1.54, 1.807) is 0 Å². The summed E-state index contributed by atoms with van der Waals surface area (Å²) < 4.78 is 40.3. The van der Waals surface area contributed by atoms with Crippen LogP contribution in [0.5, 0.6) is 0 Å². The number of ketones is 2. The molecule has 0 spiro atoms. The topological polar surface area (TPSA) is 124 Å². The lowest BCUT2D eigenvalue weighted by atomic mass is 9.88. The van der Waals surface area contributed by atoms with Gasteiger partial charge in [0.25, 0.3) is 10.1 Å². The van der Waals surface area contributed by atoms with Gasteiger partial charge in [0.15, 0.2) is 11.6 Å².